The van der Waals surface area contributed by atoms with Crippen LogP contribution in [0.1, 0.15) is 38.1 Å². The lowest BCUT2D eigenvalue weighted by Gasteiger charge is -2.35. The molecule has 1 aliphatic rings. The molecule has 3 amide bonds. The number of hydrogen-bond donors (Lipinski definition) is 1. The smallest absolute Gasteiger partial charge is 0.408 e. The quantitative estimate of drug-likeness (QED) is 0.600. The van der Waals surface area contributed by atoms with Crippen molar-refractivity contribution in [3.8, 4) is 5.75 Å². The zero-order valence-electron chi connectivity index (χ0n) is 17.2. The highest BCUT2D eigenvalue weighted by Gasteiger charge is 2.25. The van der Waals surface area contributed by atoms with Crippen molar-refractivity contribution in [2.75, 3.05) is 32.7 Å². The van der Waals surface area contributed by atoms with Crippen molar-refractivity contribution >= 4 is 23.9 Å². The molecular weight excluding hydrogens is 378 g/mol. The van der Waals surface area contributed by atoms with E-state index in [2.05, 4.69) is 5.32 Å². The molecular formula is C20H27N3O6. The van der Waals surface area contributed by atoms with E-state index in [-0.39, 0.29) is 18.4 Å². The van der Waals surface area contributed by atoms with Gasteiger partial charge in [0, 0.05) is 38.7 Å². The molecule has 0 spiro atoms. The number of piperazine rings is 1. The first-order valence-corrected chi connectivity index (χ1v) is 9.37. The maximum atomic E-state index is 12.7. The van der Waals surface area contributed by atoms with E-state index in [9.17, 15) is 19.2 Å². The van der Waals surface area contributed by atoms with Gasteiger partial charge in [-0.3, -0.25) is 14.4 Å². The van der Waals surface area contributed by atoms with Crippen LogP contribution < -0.4 is 10.1 Å². The molecule has 1 aromatic carbocycles. The molecule has 1 aromatic rings. The van der Waals surface area contributed by atoms with Gasteiger partial charge in [0.05, 0.1) is 0 Å². The van der Waals surface area contributed by atoms with Gasteiger partial charge in [-0.25, -0.2) is 4.79 Å². The molecule has 0 aromatic heterocycles. The Morgan fingerprint density at radius 3 is 2.24 bits per heavy atom. The van der Waals surface area contributed by atoms with E-state index in [1.54, 1.807) is 48.8 Å². The van der Waals surface area contributed by atoms with Gasteiger partial charge in [-0.15, -0.1) is 0 Å². The highest BCUT2D eigenvalue weighted by Crippen LogP contribution is 2.16. The second kappa shape index (κ2) is 9.40. The van der Waals surface area contributed by atoms with Gasteiger partial charge in [-0.05, 0) is 39.0 Å². The Morgan fingerprint density at radius 1 is 1.03 bits per heavy atom. The first kappa shape index (κ1) is 22.2. The average Bonchev–Trinajstić information content (AvgIpc) is 2.64. The van der Waals surface area contributed by atoms with E-state index < -0.39 is 17.7 Å². The lowest BCUT2D eigenvalue weighted by Crippen LogP contribution is -2.52. The normalized spacial score (nSPS) is 14.2. The van der Waals surface area contributed by atoms with Crippen molar-refractivity contribution in [2.45, 2.75) is 33.3 Å². The second-order valence-electron chi connectivity index (χ2n) is 7.65. The van der Waals surface area contributed by atoms with Crippen LogP contribution in [0.25, 0.3) is 0 Å². The van der Waals surface area contributed by atoms with Gasteiger partial charge < -0.3 is 24.6 Å². The first-order chi connectivity index (χ1) is 13.5. The lowest BCUT2D eigenvalue weighted by atomic mass is 10.1. The molecule has 9 heteroatoms. The number of nitrogens with zero attached hydrogens (tertiary/aromatic N) is 2. The fraction of sp³-hybridized carbons (Fsp3) is 0.500. The zero-order valence-corrected chi connectivity index (χ0v) is 17.2. The minimum absolute atomic E-state index is 0.159. The molecule has 0 unspecified atom stereocenters. The Hall–Kier alpha value is -3.10. The summed E-state index contributed by atoms with van der Waals surface area (Å²) in [4.78, 5) is 50.9. The molecule has 0 aliphatic carbocycles. The van der Waals surface area contributed by atoms with Gasteiger partial charge in [0.2, 0.25) is 5.91 Å². The molecule has 9 nitrogen and oxygen atoms in total. The van der Waals surface area contributed by atoms with Gasteiger partial charge in [0.15, 0.2) is 0 Å². The summed E-state index contributed by atoms with van der Waals surface area (Å²) in [6.45, 7) is 7.83. The molecule has 1 aliphatic heterocycles. The third-order valence-corrected chi connectivity index (χ3v) is 4.04. The number of alkyl carbamates (subject to hydrolysis) is 1. The Morgan fingerprint density at radius 2 is 1.66 bits per heavy atom. The van der Waals surface area contributed by atoms with Gasteiger partial charge in [0.25, 0.3) is 5.91 Å². The first-order valence-electron chi connectivity index (χ1n) is 9.37. The van der Waals surface area contributed by atoms with E-state index in [4.69, 9.17) is 9.47 Å². The maximum absolute atomic E-state index is 12.7. The number of rotatable bonds is 4. The van der Waals surface area contributed by atoms with Gasteiger partial charge >= 0.3 is 12.1 Å². The highest BCUT2D eigenvalue weighted by atomic mass is 16.6. The predicted octanol–water partition coefficient (Wildman–Crippen LogP) is 1.42. The van der Waals surface area contributed by atoms with Crippen LogP contribution >= 0.6 is 0 Å². The van der Waals surface area contributed by atoms with Crippen LogP contribution in [-0.4, -0.2) is 72.0 Å². The molecule has 29 heavy (non-hydrogen) atoms. The minimum atomic E-state index is -0.646. The van der Waals surface area contributed by atoms with Crippen molar-refractivity contribution in [3.05, 3.63) is 29.8 Å². The Bertz CT molecular complexity index is 779. The fourth-order valence-corrected chi connectivity index (χ4v) is 2.77. The number of carbonyl (C=O) groups excluding carboxylic acids is 4. The summed E-state index contributed by atoms with van der Waals surface area (Å²) in [6, 6.07) is 6.42. The Balaban J connectivity index is 1.84. The number of hydrogen-bond acceptors (Lipinski definition) is 6. The van der Waals surface area contributed by atoms with Crippen LogP contribution in [0, 0.1) is 0 Å². The summed E-state index contributed by atoms with van der Waals surface area (Å²) >= 11 is 0. The third-order valence-electron chi connectivity index (χ3n) is 4.04. The molecule has 0 radical (unpaired) electrons. The summed E-state index contributed by atoms with van der Waals surface area (Å²) in [5, 5.41) is 2.44. The Kier molecular flexibility index (Phi) is 7.19. The molecule has 1 N–H and O–H groups in total. The number of benzene rings is 1. The number of amides is 3. The van der Waals surface area contributed by atoms with Crippen LogP contribution in [0.3, 0.4) is 0 Å². The standard InChI is InChI=1S/C20H27N3O6/c1-14(24)28-16-7-5-6-15(12-16)18(26)23-10-8-22(9-11-23)17(25)13-21-19(27)29-20(2,3)4/h5-7,12H,8-11,13H2,1-4H3,(H,21,27). The van der Waals surface area contributed by atoms with Gasteiger partial charge in [0.1, 0.15) is 17.9 Å². The second-order valence-corrected chi connectivity index (χ2v) is 7.65. The van der Waals surface area contributed by atoms with Crippen molar-refractivity contribution in [1.82, 2.24) is 15.1 Å². The van der Waals surface area contributed by atoms with E-state index in [0.29, 0.717) is 37.5 Å². The number of nitrogens with one attached hydrogen (secondary N) is 1. The van der Waals surface area contributed by atoms with Crippen LogP contribution in [0.5, 0.6) is 5.75 Å². The number of carbonyl (C=O) groups is 4. The molecule has 158 valence electrons. The monoisotopic (exact) mass is 405 g/mol. The largest absolute Gasteiger partial charge is 0.444 e. The number of esters is 1. The van der Waals surface area contributed by atoms with Crippen molar-refractivity contribution in [1.29, 1.82) is 0 Å². The average molecular weight is 405 g/mol. The summed E-state index contributed by atoms with van der Waals surface area (Å²) in [7, 11) is 0. The van der Waals surface area contributed by atoms with E-state index in [0.717, 1.165) is 0 Å². The van der Waals surface area contributed by atoms with Crippen LogP contribution in [0.4, 0.5) is 4.79 Å². The molecule has 0 saturated carbocycles. The SMILES string of the molecule is CC(=O)Oc1cccc(C(=O)N2CCN(C(=O)CNC(=O)OC(C)(C)C)CC2)c1. The van der Waals surface area contributed by atoms with Crippen molar-refractivity contribution in [2.24, 2.45) is 0 Å². The van der Waals surface area contributed by atoms with Crippen molar-refractivity contribution < 1.29 is 28.7 Å². The summed E-state index contributed by atoms with van der Waals surface area (Å²) in [6.07, 6.45) is -0.646. The van der Waals surface area contributed by atoms with Gasteiger partial charge in [-0.1, -0.05) is 6.07 Å². The van der Waals surface area contributed by atoms with Crippen LogP contribution in [-0.2, 0) is 14.3 Å². The van der Waals surface area contributed by atoms with E-state index in [1.165, 1.54) is 13.0 Å². The number of ether oxygens (including phenoxy) is 2. The molecule has 2 rings (SSSR count). The third kappa shape index (κ3) is 7.10. The predicted molar refractivity (Wildman–Crippen MR) is 104 cm³/mol. The topological polar surface area (TPSA) is 105 Å². The fourth-order valence-electron chi connectivity index (χ4n) is 2.77. The van der Waals surface area contributed by atoms with E-state index >= 15 is 0 Å². The molecule has 0 bridgehead atoms. The highest BCUT2D eigenvalue weighted by molar-refractivity contribution is 5.95. The molecule has 1 heterocycles. The van der Waals surface area contributed by atoms with Crippen LogP contribution in [0.15, 0.2) is 24.3 Å². The van der Waals surface area contributed by atoms with Gasteiger partial charge in [-0.2, -0.15) is 0 Å². The summed E-state index contributed by atoms with van der Waals surface area (Å²) in [5.41, 5.74) is -0.221. The van der Waals surface area contributed by atoms with E-state index in [1.807, 2.05) is 0 Å². The van der Waals surface area contributed by atoms with Crippen LogP contribution in [0.2, 0.25) is 0 Å². The minimum Gasteiger partial charge on any atom is -0.444 e. The zero-order chi connectivity index (χ0) is 21.6. The maximum Gasteiger partial charge on any atom is 0.408 e. The molecule has 1 saturated heterocycles. The molecule has 1 fully saturated rings. The van der Waals surface area contributed by atoms with Crippen molar-refractivity contribution in [3.63, 3.8) is 0 Å². The summed E-state index contributed by atoms with van der Waals surface area (Å²) in [5.74, 6) is -0.579. The molecule has 0 atom stereocenters. The lowest BCUT2D eigenvalue weighted by molar-refractivity contribution is -0.132. The summed E-state index contributed by atoms with van der Waals surface area (Å²) < 4.78 is 10.1. The Labute approximate surface area is 169 Å².